The number of halogens is 3. The summed E-state index contributed by atoms with van der Waals surface area (Å²) in [7, 11) is 1.16. The third-order valence-electron chi connectivity index (χ3n) is 3.56. The molecule has 2 aromatic carbocycles. The molecule has 0 aliphatic heterocycles. The first-order chi connectivity index (χ1) is 13.6. The normalized spacial score (nSPS) is 11.9. The number of carbonyl (C=O) groups is 3. The maximum absolute atomic E-state index is 12.3. The first-order valence-electron chi connectivity index (χ1n) is 8.15. The number of hydrogen-bond donors (Lipinski definition) is 1. The van der Waals surface area contributed by atoms with E-state index in [1.54, 1.807) is 0 Å². The Kier molecular flexibility index (Phi) is 6.81. The molecule has 0 aliphatic carbocycles. The first-order valence-corrected chi connectivity index (χ1v) is 8.15. The Labute approximate surface area is 163 Å². The van der Waals surface area contributed by atoms with Crippen LogP contribution in [0.3, 0.4) is 0 Å². The van der Waals surface area contributed by atoms with E-state index in [4.69, 9.17) is 4.74 Å². The van der Waals surface area contributed by atoms with Crippen molar-refractivity contribution in [3.05, 3.63) is 59.7 Å². The second-order valence-electron chi connectivity index (χ2n) is 5.65. The highest BCUT2D eigenvalue weighted by atomic mass is 19.4. The van der Waals surface area contributed by atoms with E-state index in [0.29, 0.717) is 0 Å². The smallest absolute Gasteiger partial charge is 0.465 e. The van der Waals surface area contributed by atoms with Gasteiger partial charge in [-0.2, -0.15) is 0 Å². The van der Waals surface area contributed by atoms with Crippen LogP contribution in [0.5, 0.6) is 5.75 Å². The third kappa shape index (κ3) is 6.23. The van der Waals surface area contributed by atoms with Crippen LogP contribution in [0.15, 0.2) is 48.5 Å². The van der Waals surface area contributed by atoms with Gasteiger partial charge in [0.15, 0.2) is 6.10 Å². The van der Waals surface area contributed by atoms with Crippen LogP contribution in [0.1, 0.15) is 27.6 Å². The Morgan fingerprint density at radius 1 is 0.931 bits per heavy atom. The number of carbonyl (C=O) groups excluding carboxylic acids is 3. The van der Waals surface area contributed by atoms with Gasteiger partial charge >= 0.3 is 18.3 Å². The van der Waals surface area contributed by atoms with Crippen LogP contribution in [0.4, 0.5) is 18.9 Å². The largest absolute Gasteiger partial charge is 0.573 e. The Hall–Kier alpha value is -3.56. The molecule has 0 aromatic heterocycles. The van der Waals surface area contributed by atoms with Crippen molar-refractivity contribution in [3.8, 4) is 5.75 Å². The predicted octanol–water partition coefficient (Wildman–Crippen LogP) is 3.56. The second kappa shape index (κ2) is 9.09. The first kappa shape index (κ1) is 21.7. The van der Waals surface area contributed by atoms with Crippen molar-refractivity contribution < 1.29 is 41.8 Å². The molecule has 1 amide bonds. The average Bonchev–Trinajstić information content (AvgIpc) is 2.67. The summed E-state index contributed by atoms with van der Waals surface area (Å²) >= 11 is 0. The minimum absolute atomic E-state index is 0.0205. The SMILES string of the molecule is COC(=O)c1ccccc1C(=O)OC(C)C(=O)Nc1ccc(OC(F)(F)F)cc1. The number of nitrogens with one attached hydrogen (secondary N) is 1. The van der Waals surface area contributed by atoms with Crippen LogP contribution < -0.4 is 10.1 Å². The second-order valence-corrected chi connectivity index (χ2v) is 5.65. The van der Waals surface area contributed by atoms with Gasteiger partial charge in [-0.25, -0.2) is 9.59 Å². The molecule has 29 heavy (non-hydrogen) atoms. The molecule has 1 unspecified atom stereocenters. The fraction of sp³-hybridized carbons (Fsp3) is 0.211. The van der Waals surface area contributed by atoms with Gasteiger partial charge in [-0.1, -0.05) is 12.1 Å². The Morgan fingerprint density at radius 2 is 1.48 bits per heavy atom. The summed E-state index contributed by atoms with van der Waals surface area (Å²) < 4.78 is 49.8. The zero-order valence-corrected chi connectivity index (χ0v) is 15.3. The van der Waals surface area contributed by atoms with E-state index < -0.39 is 36.1 Å². The maximum Gasteiger partial charge on any atom is 0.573 e. The summed E-state index contributed by atoms with van der Waals surface area (Å²) in [6.45, 7) is 1.30. The lowest BCUT2D eigenvalue weighted by Crippen LogP contribution is -2.30. The lowest BCUT2D eigenvalue weighted by Gasteiger charge is -2.15. The number of ether oxygens (including phenoxy) is 3. The molecule has 0 saturated carbocycles. The molecule has 2 rings (SSSR count). The number of alkyl halides is 3. The predicted molar refractivity (Wildman–Crippen MR) is 94.4 cm³/mol. The number of hydrogen-bond acceptors (Lipinski definition) is 6. The van der Waals surface area contributed by atoms with Crippen LogP contribution in [-0.2, 0) is 14.3 Å². The third-order valence-corrected chi connectivity index (χ3v) is 3.56. The number of amides is 1. The molecule has 10 heteroatoms. The maximum atomic E-state index is 12.3. The molecule has 154 valence electrons. The molecule has 0 bridgehead atoms. The monoisotopic (exact) mass is 411 g/mol. The molecule has 0 saturated heterocycles. The Bertz CT molecular complexity index is 896. The summed E-state index contributed by atoms with van der Waals surface area (Å²) in [6, 6.07) is 10.2. The van der Waals surface area contributed by atoms with Gasteiger partial charge in [-0.05, 0) is 43.3 Å². The standard InChI is InChI=1S/C19H16F3NO6/c1-11(28-18(26)15-6-4-3-5-14(15)17(25)27-2)16(24)23-12-7-9-13(10-8-12)29-19(20,21)22/h3-11H,1-2H3,(H,23,24). The van der Waals surface area contributed by atoms with Crippen LogP contribution in [0.25, 0.3) is 0 Å². The number of rotatable bonds is 6. The van der Waals surface area contributed by atoms with E-state index in [-0.39, 0.29) is 16.8 Å². The molecule has 0 aliphatic rings. The highest BCUT2D eigenvalue weighted by molar-refractivity contribution is 6.04. The van der Waals surface area contributed by atoms with Gasteiger partial charge in [0.1, 0.15) is 5.75 Å². The molecular formula is C19H16F3NO6. The van der Waals surface area contributed by atoms with E-state index in [1.807, 2.05) is 0 Å². The molecule has 1 N–H and O–H groups in total. The van der Waals surface area contributed by atoms with Gasteiger partial charge in [-0.15, -0.1) is 13.2 Å². The van der Waals surface area contributed by atoms with E-state index in [2.05, 4.69) is 14.8 Å². The number of methoxy groups -OCH3 is 1. The van der Waals surface area contributed by atoms with Gasteiger partial charge in [-0.3, -0.25) is 4.79 Å². The fourth-order valence-electron chi connectivity index (χ4n) is 2.21. The summed E-state index contributed by atoms with van der Waals surface area (Å²) in [6.07, 6.45) is -6.08. The van der Waals surface area contributed by atoms with Gasteiger partial charge in [0.05, 0.1) is 18.2 Å². The van der Waals surface area contributed by atoms with Crippen LogP contribution >= 0.6 is 0 Å². The number of benzene rings is 2. The zero-order valence-electron chi connectivity index (χ0n) is 15.3. The highest BCUT2D eigenvalue weighted by Crippen LogP contribution is 2.24. The average molecular weight is 411 g/mol. The topological polar surface area (TPSA) is 90.9 Å². The zero-order chi connectivity index (χ0) is 21.6. The van der Waals surface area contributed by atoms with E-state index in [9.17, 15) is 27.6 Å². The van der Waals surface area contributed by atoms with Crippen LogP contribution in [-0.4, -0.2) is 37.4 Å². The molecular weight excluding hydrogens is 395 g/mol. The van der Waals surface area contributed by atoms with E-state index >= 15 is 0 Å². The minimum atomic E-state index is -4.83. The minimum Gasteiger partial charge on any atom is -0.465 e. The number of esters is 2. The van der Waals surface area contributed by atoms with Crippen molar-refractivity contribution in [2.24, 2.45) is 0 Å². The Balaban J connectivity index is 2.01. The molecule has 2 aromatic rings. The molecule has 7 nitrogen and oxygen atoms in total. The van der Waals surface area contributed by atoms with Gasteiger partial charge in [0.25, 0.3) is 5.91 Å². The van der Waals surface area contributed by atoms with Gasteiger partial charge in [0, 0.05) is 5.69 Å². The van der Waals surface area contributed by atoms with E-state index in [0.717, 1.165) is 19.2 Å². The fourth-order valence-corrected chi connectivity index (χ4v) is 2.21. The van der Waals surface area contributed by atoms with Crippen molar-refractivity contribution in [2.45, 2.75) is 19.4 Å². The molecule has 1 atom stereocenters. The quantitative estimate of drug-likeness (QED) is 0.731. The lowest BCUT2D eigenvalue weighted by atomic mass is 10.1. The molecule has 0 heterocycles. The highest BCUT2D eigenvalue weighted by Gasteiger charge is 2.31. The summed E-state index contributed by atoms with van der Waals surface area (Å²) in [5.74, 6) is -2.83. The van der Waals surface area contributed by atoms with Crippen molar-refractivity contribution >= 4 is 23.5 Å². The molecule has 0 radical (unpaired) electrons. The van der Waals surface area contributed by atoms with Gasteiger partial charge < -0.3 is 19.5 Å². The van der Waals surface area contributed by atoms with E-state index in [1.165, 1.54) is 43.3 Å². The van der Waals surface area contributed by atoms with Crippen molar-refractivity contribution in [1.29, 1.82) is 0 Å². The lowest BCUT2D eigenvalue weighted by molar-refractivity contribution is -0.274. The van der Waals surface area contributed by atoms with Crippen LogP contribution in [0, 0.1) is 0 Å². The summed E-state index contributed by atoms with van der Waals surface area (Å²) in [5, 5.41) is 2.39. The summed E-state index contributed by atoms with van der Waals surface area (Å²) in [4.78, 5) is 36.2. The van der Waals surface area contributed by atoms with Crippen molar-refractivity contribution in [2.75, 3.05) is 12.4 Å². The Morgan fingerprint density at radius 3 is 2.00 bits per heavy atom. The van der Waals surface area contributed by atoms with Crippen molar-refractivity contribution in [1.82, 2.24) is 0 Å². The number of anilines is 1. The molecule has 0 fully saturated rings. The van der Waals surface area contributed by atoms with Gasteiger partial charge in [0.2, 0.25) is 0 Å². The van der Waals surface area contributed by atoms with Crippen LogP contribution in [0.2, 0.25) is 0 Å². The summed E-state index contributed by atoms with van der Waals surface area (Å²) in [5.41, 5.74) is 0.0721. The van der Waals surface area contributed by atoms with Crippen molar-refractivity contribution in [3.63, 3.8) is 0 Å². The molecule has 0 spiro atoms.